The molecule has 1 saturated carbocycles. The monoisotopic (exact) mass is 363 g/mol. The minimum absolute atomic E-state index is 0.134. The molecule has 1 fully saturated rings. The first kappa shape index (κ1) is 17.6. The molecular formula is C21H25N5O. The lowest BCUT2D eigenvalue weighted by Crippen LogP contribution is -2.37. The first-order chi connectivity index (χ1) is 13.0. The number of amides is 1. The normalized spacial score (nSPS) is 15.3. The molecule has 140 valence electrons. The first-order valence-corrected chi connectivity index (χ1v) is 9.59. The van der Waals surface area contributed by atoms with Crippen LogP contribution in [-0.4, -0.2) is 31.3 Å². The second-order valence-electron chi connectivity index (χ2n) is 7.86. The van der Waals surface area contributed by atoms with Crippen molar-refractivity contribution in [3.05, 3.63) is 48.3 Å². The zero-order chi connectivity index (χ0) is 19.0. The van der Waals surface area contributed by atoms with Crippen LogP contribution < -0.4 is 5.32 Å². The van der Waals surface area contributed by atoms with Gasteiger partial charge in [-0.1, -0.05) is 13.8 Å². The maximum atomic E-state index is 13.0. The van der Waals surface area contributed by atoms with Crippen molar-refractivity contribution in [1.29, 1.82) is 0 Å². The number of nitrogens with zero attached hydrogens (tertiary/aromatic N) is 4. The fourth-order valence-corrected chi connectivity index (χ4v) is 3.56. The van der Waals surface area contributed by atoms with Crippen LogP contribution in [0, 0.1) is 18.8 Å². The molecular weight excluding hydrogens is 338 g/mol. The number of aromatic nitrogens is 4. The van der Waals surface area contributed by atoms with Gasteiger partial charge in [-0.15, -0.1) is 0 Å². The smallest absolute Gasteiger partial charge is 0.274 e. The average Bonchev–Trinajstić information content (AvgIpc) is 3.40. The van der Waals surface area contributed by atoms with Gasteiger partial charge in [-0.3, -0.25) is 14.2 Å². The minimum Gasteiger partial charge on any atom is -0.348 e. The van der Waals surface area contributed by atoms with Gasteiger partial charge in [0.25, 0.3) is 5.91 Å². The summed E-state index contributed by atoms with van der Waals surface area (Å²) < 4.78 is 1.86. The summed E-state index contributed by atoms with van der Waals surface area (Å²) in [6.07, 6.45) is 8.58. The summed E-state index contributed by atoms with van der Waals surface area (Å²) in [4.78, 5) is 26.2. The minimum atomic E-state index is -0.134. The Morgan fingerprint density at radius 1 is 1.37 bits per heavy atom. The van der Waals surface area contributed by atoms with Gasteiger partial charge in [0, 0.05) is 29.7 Å². The van der Waals surface area contributed by atoms with Crippen molar-refractivity contribution < 1.29 is 4.79 Å². The van der Waals surface area contributed by atoms with Crippen molar-refractivity contribution in [3.8, 4) is 11.3 Å². The van der Waals surface area contributed by atoms with Crippen molar-refractivity contribution in [3.63, 3.8) is 0 Å². The Balaban J connectivity index is 1.67. The van der Waals surface area contributed by atoms with Crippen LogP contribution in [-0.2, 0) is 0 Å². The first-order valence-electron chi connectivity index (χ1n) is 9.59. The Labute approximate surface area is 159 Å². The van der Waals surface area contributed by atoms with E-state index in [1.54, 1.807) is 18.7 Å². The molecule has 6 nitrogen and oxygen atoms in total. The van der Waals surface area contributed by atoms with Gasteiger partial charge in [-0.05, 0) is 56.2 Å². The van der Waals surface area contributed by atoms with E-state index in [0.717, 1.165) is 23.4 Å². The van der Waals surface area contributed by atoms with Gasteiger partial charge in [0.05, 0.1) is 5.69 Å². The van der Waals surface area contributed by atoms with E-state index in [0.29, 0.717) is 23.2 Å². The molecule has 1 aliphatic carbocycles. The zero-order valence-electron chi connectivity index (χ0n) is 16.0. The van der Waals surface area contributed by atoms with Crippen molar-refractivity contribution >= 4 is 11.6 Å². The van der Waals surface area contributed by atoms with Gasteiger partial charge in [0.2, 0.25) is 0 Å². The number of rotatable bonds is 6. The summed E-state index contributed by atoms with van der Waals surface area (Å²) in [5.41, 5.74) is 3.67. The molecule has 6 heteroatoms. The van der Waals surface area contributed by atoms with Crippen LogP contribution in [0.3, 0.4) is 0 Å². The van der Waals surface area contributed by atoms with Gasteiger partial charge in [0.1, 0.15) is 6.33 Å². The van der Waals surface area contributed by atoms with Gasteiger partial charge in [-0.25, -0.2) is 9.97 Å². The Morgan fingerprint density at radius 3 is 2.85 bits per heavy atom. The molecule has 1 aliphatic rings. The van der Waals surface area contributed by atoms with E-state index in [9.17, 15) is 4.79 Å². The highest BCUT2D eigenvalue weighted by Gasteiger charge is 2.33. The van der Waals surface area contributed by atoms with Crippen LogP contribution in [0.15, 0.2) is 36.9 Å². The molecule has 0 spiro atoms. The van der Waals surface area contributed by atoms with Crippen LogP contribution >= 0.6 is 0 Å². The largest absolute Gasteiger partial charge is 0.348 e. The highest BCUT2D eigenvalue weighted by atomic mass is 16.2. The molecule has 3 aromatic heterocycles. The van der Waals surface area contributed by atoms with Gasteiger partial charge >= 0.3 is 0 Å². The standard InChI is InChI=1S/C21H25N5O/c1-13(2)9-17(15-6-7-15)25-21(27)19-20-24-18(16-5-4-8-22-11-16)10-14(3)26(20)12-23-19/h4-5,8,10-13,15,17H,6-7,9H2,1-3H3,(H,25,27). The lowest BCUT2D eigenvalue weighted by molar-refractivity contribution is 0.0923. The molecule has 0 radical (unpaired) electrons. The summed E-state index contributed by atoms with van der Waals surface area (Å²) in [6, 6.07) is 6.05. The zero-order valence-corrected chi connectivity index (χ0v) is 16.0. The van der Waals surface area contributed by atoms with E-state index in [4.69, 9.17) is 4.98 Å². The average molecular weight is 363 g/mol. The summed E-state index contributed by atoms with van der Waals surface area (Å²) in [5.74, 6) is 1.02. The quantitative estimate of drug-likeness (QED) is 0.725. The van der Waals surface area contributed by atoms with Crippen molar-refractivity contribution in [2.45, 2.75) is 46.1 Å². The number of hydrogen-bond donors (Lipinski definition) is 1. The number of imidazole rings is 1. The number of nitrogens with one attached hydrogen (secondary N) is 1. The molecule has 1 amide bonds. The second-order valence-corrected chi connectivity index (χ2v) is 7.86. The molecule has 1 unspecified atom stereocenters. The maximum absolute atomic E-state index is 13.0. The van der Waals surface area contributed by atoms with E-state index in [2.05, 4.69) is 29.1 Å². The molecule has 3 heterocycles. The van der Waals surface area contributed by atoms with Crippen molar-refractivity contribution in [2.75, 3.05) is 0 Å². The predicted molar refractivity (Wildman–Crippen MR) is 104 cm³/mol. The van der Waals surface area contributed by atoms with Crippen molar-refractivity contribution in [1.82, 2.24) is 24.7 Å². The number of carbonyl (C=O) groups excluding carboxylic acids is 1. The SMILES string of the molecule is Cc1cc(-c2cccnc2)nc2c(C(=O)NC(CC(C)C)C3CC3)ncn12. The third-order valence-electron chi connectivity index (χ3n) is 5.10. The van der Waals surface area contributed by atoms with Gasteiger partial charge < -0.3 is 5.32 Å². The van der Waals surface area contributed by atoms with Gasteiger partial charge in [-0.2, -0.15) is 0 Å². The van der Waals surface area contributed by atoms with Crippen LogP contribution in [0.1, 0.15) is 49.3 Å². The molecule has 4 rings (SSSR count). The van der Waals surface area contributed by atoms with Crippen molar-refractivity contribution in [2.24, 2.45) is 11.8 Å². The van der Waals surface area contributed by atoms with Gasteiger partial charge in [0.15, 0.2) is 11.3 Å². The van der Waals surface area contributed by atoms with E-state index in [1.165, 1.54) is 12.8 Å². The number of carbonyl (C=O) groups is 1. The number of pyridine rings is 1. The maximum Gasteiger partial charge on any atom is 0.274 e. The molecule has 3 aromatic rings. The third kappa shape index (κ3) is 3.70. The Bertz CT molecular complexity index is 959. The molecule has 0 bridgehead atoms. The molecule has 0 saturated heterocycles. The summed E-state index contributed by atoms with van der Waals surface area (Å²) in [6.45, 7) is 6.38. The molecule has 1 atom stereocenters. The van der Waals surface area contributed by atoms with Crippen LogP contribution in [0.5, 0.6) is 0 Å². The third-order valence-corrected chi connectivity index (χ3v) is 5.10. The summed E-state index contributed by atoms with van der Waals surface area (Å²) in [5, 5.41) is 3.22. The Hall–Kier alpha value is -2.76. The summed E-state index contributed by atoms with van der Waals surface area (Å²) in [7, 11) is 0. The van der Waals surface area contributed by atoms with Crippen LogP contribution in [0.2, 0.25) is 0 Å². The highest BCUT2D eigenvalue weighted by molar-refractivity contribution is 5.98. The fourth-order valence-electron chi connectivity index (χ4n) is 3.56. The predicted octanol–water partition coefficient (Wildman–Crippen LogP) is 3.65. The lowest BCUT2D eigenvalue weighted by atomic mass is 10.00. The second kappa shape index (κ2) is 7.10. The van der Waals surface area contributed by atoms with E-state index in [1.807, 2.05) is 29.5 Å². The number of hydrogen-bond acceptors (Lipinski definition) is 4. The van der Waals surface area contributed by atoms with Crippen LogP contribution in [0.25, 0.3) is 16.9 Å². The molecule has 27 heavy (non-hydrogen) atoms. The Morgan fingerprint density at radius 2 is 2.19 bits per heavy atom. The molecule has 1 N–H and O–H groups in total. The molecule has 0 aromatic carbocycles. The fraction of sp³-hybridized carbons (Fsp3) is 0.429. The van der Waals surface area contributed by atoms with E-state index >= 15 is 0 Å². The lowest BCUT2D eigenvalue weighted by Gasteiger charge is -2.19. The highest BCUT2D eigenvalue weighted by Crippen LogP contribution is 2.35. The number of fused-ring (bicyclic) bond motifs is 1. The molecule has 0 aliphatic heterocycles. The summed E-state index contributed by atoms with van der Waals surface area (Å²) >= 11 is 0. The van der Waals surface area contributed by atoms with E-state index in [-0.39, 0.29) is 11.9 Å². The Kier molecular flexibility index (Phi) is 4.64. The topological polar surface area (TPSA) is 72.2 Å². The van der Waals surface area contributed by atoms with E-state index < -0.39 is 0 Å². The number of aryl methyl sites for hydroxylation is 1. The van der Waals surface area contributed by atoms with Crippen LogP contribution in [0.4, 0.5) is 0 Å².